The van der Waals surface area contributed by atoms with Crippen molar-refractivity contribution in [3.63, 3.8) is 0 Å². The second kappa shape index (κ2) is 9.29. The summed E-state index contributed by atoms with van der Waals surface area (Å²) >= 11 is 0. The Labute approximate surface area is 209 Å². The van der Waals surface area contributed by atoms with E-state index in [0.717, 1.165) is 34.4 Å². The monoisotopic (exact) mass is 490 g/mol. The standard InChI is InChI=1S/C27H30N4O5/c1-17-5-3-4-6-20(17)15-30(14-18-7-8-18)23(32)16-31-24(33)27(36-26(31)35)12-11-19-13-21(9-10-22(19)27)29-25(34)28-2/h3-6,9-10,13,18H,7-8,11-12,14-16H2,1-2H3,(H2,28,29,34). The van der Waals surface area contributed by atoms with E-state index < -0.39 is 17.6 Å². The quantitative estimate of drug-likeness (QED) is 0.619. The van der Waals surface area contributed by atoms with Gasteiger partial charge in [0, 0.05) is 37.8 Å². The molecular formula is C27H30N4O5. The summed E-state index contributed by atoms with van der Waals surface area (Å²) in [6.07, 6.45) is 2.19. The number of aryl methyl sites for hydroxylation is 2. The first-order valence-electron chi connectivity index (χ1n) is 12.3. The van der Waals surface area contributed by atoms with Crippen LogP contribution in [-0.2, 0) is 32.9 Å². The summed E-state index contributed by atoms with van der Waals surface area (Å²) in [6, 6.07) is 12.7. The number of rotatable bonds is 7. The smallest absolute Gasteiger partial charge is 0.418 e. The van der Waals surface area contributed by atoms with Crippen LogP contribution in [0.25, 0.3) is 0 Å². The summed E-state index contributed by atoms with van der Waals surface area (Å²) in [7, 11) is 1.52. The van der Waals surface area contributed by atoms with Crippen molar-refractivity contribution < 1.29 is 23.9 Å². The van der Waals surface area contributed by atoms with E-state index in [2.05, 4.69) is 10.6 Å². The third-order valence-electron chi connectivity index (χ3n) is 7.29. The number of amides is 5. The number of benzene rings is 2. The molecule has 3 aliphatic rings. The molecule has 0 aromatic heterocycles. The number of carbonyl (C=O) groups is 4. The minimum atomic E-state index is -1.42. The highest BCUT2D eigenvalue weighted by atomic mass is 16.6. The van der Waals surface area contributed by atoms with Gasteiger partial charge in [0.25, 0.3) is 5.91 Å². The predicted molar refractivity (Wildman–Crippen MR) is 132 cm³/mol. The van der Waals surface area contributed by atoms with Crippen LogP contribution in [0.4, 0.5) is 15.3 Å². The van der Waals surface area contributed by atoms with Gasteiger partial charge in [-0.05, 0) is 60.9 Å². The number of hydrogen-bond donors (Lipinski definition) is 2. The van der Waals surface area contributed by atoms with Gasteiger partial charge in [-0.15, -0.1) is 0 Å². The number of ether oxygens (including phenoxy) is 1. The molecule has 1 aliphatic heterocycles. The van der Waals surface area contributed by atoms with Gasteiger partial charge in [0.15, 0.2) is 0 Å². The van der Waals surface area contributed by atoms with Gasteiger partial charge in [-0.2, -0.15) is 0 Å². The second-order valence-electron chi connectivity index (χ2n) is 9.81. The van der Waals surface area contributed by atoms with Crippen molar-refractivity contribution in [3.8, 4) is 0 Å². The Morgan fingerprint density at radius 3 is 2.67 bits per heavy atom. The fourth-order valence-corrected chi connectivity index (χ4v) is 5.02. The molecule has 2 aromatic carbocycles. The molecule has 2 aromatic rings. The molecule has 1 atom stereocenters. The summed E-state index contributed by atoms with van der Waals surface area (Å²) in [5.74, 6) is -0.311. The van der Waals surface area contributed by atoms with Crippen molar-refractivity contribution in [2.75, 3.05) is 25.5 Å². The molecule has 2 fully saturated rings. The second-order valence-corrected chi connectivity index (χ2v) is 9.81. The lowest BCUT2D eigenvalue weighted by molar-refractivity contribution is -0.142. The zero-order chi connectivity index (χ0) is 25.4. The van der Waals surface area contributed by atoms with E-state index in [1.54, 1.807) is 23.1 Å². The Hall–Kier alpha value is -3.88. The molecule has 36 heavy (non-hydrogen) atoms. The van der Waals surface area contributed by atoms with Crippen molar-refractivity contribution in [2.45, 2.75) is 44.8 Å². The maximum Gasteiger partial charge on any atom is 0.418 e. The lowest BCUT2D eigenvalue weighted by Crippen LogP contribution is -2.45. The van der Waals surface area contributed by atoms with Crippen molar-refractivity contribution in [2.24, 2.45) is 5.92 Å². The molecular weight excluding hydrogens is 460 g/mol. The maximum atomic E-state index is 13.5. The molecule has 1 saturated heterocycles. The Balaban J connectivity index is 1.33. The summed E-state index contributed by atoms with van der Waals surface area (Å²) in [5, 5.41) is 5.20. The number of imide groups is 1. The van der Waals surface area contributed by atoms with Gasteiger partial charge < -0.3 is 20.3 Å². The molecule has 1 unspecified atom stereocenters. The molecule has 5 rings (SSSR count). The van der Waals surface area contributed by atoms with Crippen LogP contribution in [0.2, 0.25) is 0 Å². The largest absolute Gasteiger partial charge is 0.427 e. The lowest BCUT2D eigenvalue weighted by Gasteiger charge is -2.25. The SMILES string of the molecule is CNC(=O)Nc1ccc2c(c1)CCC21OC(=O)N(CC(=O)N(Cc2ccccc2C)CC2CC2)C1=O. The fraction of sp³-hybridized carbons (Fsp3) is 0.407. The molecule has 1 spiro atoms. The number of carbonyl (C=O) groups excluding carboxylic acids is 4. The molecule has 1 saturated carbocycles. The zero-order valence-corrected chi connectivity index (χ0v) is 20.5. The number of nitrogens with zero attached hydrogens (tertiary/aromatic N) is 2. The van der Waals surface area contributed by atoms with Crippen LogP contribution in [0.3, 0.4) is 0 Å². The normalized spacial score (nSPS) is 20.3. The minimum Gasteiger partial charge on any atom is -0.427 e. The van der Waals surface area contributed by atoms with Gasteiger partial charge in [0.2, 0.25) is 11.5 Å². The van der Waals surface area contributed by atoms with Crippen LogP contribution in [0, 0.1) is 12.8 Å². The number of hydrogen-bond acceptors (Lipinski definition) is 5. The van der Waals surface area contributed by atoms with Crippen molar-refractivity contribution in [1.29, 1.82) is 0 Å². The van der Waals surface area contributed by atoms with E-state index in [9.17, 15) is 19.2 Å². The van der Waals surface area contributed by atoms with Crippen LogP contribution in [0.5, 0.6) is 0 Å². The van der Waals surface area contributed by atoms with Gasteiger partial charge in [-0.25, -0.2) is 14.5 Å². The molecule has 0 bridgehead atoms. The van der Waals surface area contributed by atoms with E-state index in [0.29, 0.717) is 43.1 Å². The van der Waals surface area contributed by atoms with E-state index in [-0.39, 0.29) is 18.5 Å². The molecule has 9 heteroatoms. The maximum absolute atomic E-state index is 13.5. The van der Waals surface area contributed by atoms with Gasteiger partial charge >= 0.3 is 12.1 Å². The number of nitrogens with one attached hydrogen (secondary N) is 2. The number of fused-ring (bicyclic) bond motifs is 2. The minimum absolute atomic E-state index is 0.268. The van der Waals surface area contributed by atoms with E-state index in [1.165, 1.54) is 7.05 Å². The van der Waals surface area contributed by atoms with Gasteiger partial charge in [-0.1, -0.05) is 30.3 Å². The molecule has 5 amide bonds. The van der Waals surface area contributed by atoms with Crippen LogP contribution >= 0.6 is 0 Å². The molecule has 2 N–H and O–H groups in total. The van der Waals surface area contributed by atoms with Crippen molar-refractivity contribution >= 4 is 29.6 Å². The average molecular weight is 491 g/mol. The van der Waals surface area contributed by atoms with Crippen LogP contribution in [0.15, 0.2) is 42.5 Å². The third kappa shape index (κ3) is 4.41. The molecule has 1 heterocycles. The lowest BCUT2D eigenvalue weighted by atomic mass is 9.94. The Kier molecular flexibility index (Phi) is 6.15. The van der Waals surface area contributed by atoms with Crippen LogP contribution in [0.1, 0.15) is 41.5 Å². The molecule has 2 aliphatic carbocycles. The number of urea groups is 1. The molecule has 0 radical (unpaired) electrons. The first-order chi connectivity index (χ1) is 17.3. The van der Waals surface area contributed by atoms with Gasteiger partial charge in [0.1, 0.15) is 6.54 Å². The Bertz CT molecular complexity index is 1240. The number of anilines is 1. The molecule has 188 valence electrons. The summed E-state index contributed by atoms with van der Waals surface area (Å²) in [5.41, 5.74) is 2.73. The summed E-state index contributed by atoms with van der Waals surface area (Å²) in [4.78, 5) is 54.1. The topological polar surface area (TPSA) is 108 Å². The highest BCUT2D eigenvalue weighted by Crippen LogP contribution is 2.46. The average Bonchev–Trinajstić information content (AvgIpc) is 3.57. The predicted octanol–water partition coefficient (Wildman–Crippen LogP) is 3.31. The van der Waals surface area contributed by atoms with Gasteiger partial charge in [0.05, 0.1) is 0 Å². The Morgan fingerprint density at radius 2 is 1.94 bits per heavy atom. The molecule has 9 nitrogen and oxygen atoms in total. The Morgan fingerprint density at radius 1 is 1.17 bits per heavy atom. The highest BCUT2D eigenvalue weighted by Gasteiger charge is 2.58. The highest BCUT2D eigenvalue weighted by molar-refractivity contribution is 6.06. The van der Waals surface area contributed by atoms with Crippen LogP contribution in [-0.4, -0.2) is 53.9 Å². The van der Waals surface area contributed by atoms with E-state index in [4.69, 9.17) is 4.74 Å². The van der Waals surface area contributed by atoms with Crippen LogP contribution < -0.4 is 10.6 Å². The van der Waals surface area contributed by atoms with E-state index in [1.807, 2.05) is 31.2 Å². The van der Waals surface area contributed by atoms with Crippen molar-refractivity contribution in [1.82, 2.24) is 15.1 Å². The first kappa shape index (κ1) is 23.8. The summed E-state index contributed by atoms with van der Waals surface area (Å²) in [6.45, 7) is 2.71. The van der Waals surface area contributed by atoms with E-state index >= 15 is 0 Å². The summed E-state index contributed by atoms with van der Waals surface area (Å²) < 4.78 is 5.68. The zero-order valence-electron chi connectivity index (χ0n) is 20.5. The van der Waals surface area contributed by atoms with Gasteiger partial charge in [-0.3, -0.25) is 9.59 Å². The first-order valence-corrected chi connectivity index (χ1v) is 12.3. The van der Waals surface area contributed by atoms with Crippen molar-refractivity contribution in [3.05, 3.63) is 64.7 Å². The third-order valence-corrected chi connectivity index (χ3v) is 7.29. The fourth-order valence-electron chi connectivity index (χ4n) is 5.02.